The number of phenols is 1. The summed E-state index contributed by atoms with van der Waals surface area (Å²) in [7, 11) is 1.82. The molecule has 1 aromatic carbocycles. The molecule has 0 aliphatic carbocycles. The van der Waals surface area contributed by atoms with E-state index in [0.29, 0.717) is 34.9 Å². The van der Waals surface area contributed by atoms with Crippen LogP contribution in [0.3, 0.4) is 0 Å². The summed E-state index contributed by atoms with van der Waals surface area (Å²) >= 11 is 0. The summed E-state index contributed by atoms with van der Waals surface area (Å²) in [4.78, 5) is 13.3. The summed E-state index contributed by atoms with van der Waals surface area (Å²) in [6, 6.07) is 3.52. The third kappa shape index (κ3) is 4.14. The molecule has 0 bridgehead atoms. The van der Waals surface area contributed by atoms with Crippen molar-refractivity contribution < 1.29 is 14.6 Å². The van der Waals surface area contributed by atoms with Crippen LogP contribution in [0.5, 0.6) is 5.75 Å². The summed E-state index contributed by atoms with van der Waals surface area (Å²) in [6.45, 7) is 5.57. The smallest absolute Gasteiger partial charge is 0.227 e. The highest BCUT2D eigenvalue weighted by molar-refractivity contribution is 5.84. The number of fused-ring (bicyclic) bond motifs is 1. The number of nitrogens with one attached hydrogen (secondary N) is 2. The van der Waals surface area contributed by atoms with Crippen molar-refractivity contribution in [3.63, 3.8) is 0 Å². The molecule has 0 aliphatic rings. The Hall–Kier alpha value is -2.94. The number of anilines is 2. The van der Waals surface area contributed by atoms with E-state index in [4.69, 9.17) is 0 Å². The number of hydrogen-bond donors (Lipinski definition) is 4. The Labute approximate surface area is 162 Å². The zero-order chi connectivity index (χ0) is 20.5. The average Bonchev–Trinajstić information content (AvgIpc) is 3.00. The fraction of sp³-hybridized carbons (Fsp3) is 0.421. The largest absolute Gasteiger partial charge is 0.508 e. The van der Waals surface area contributed by atoms with E-state index in [1.165, 1.54) is 18.2 Å². The summed E-state index contributed by atoms with van der Waals surface area (Å²) in [5.41, 5.74) is 0.606. The second kappa shape index (κ2) is 7.59. The van der Waals surface area contributed by atoms with Crippen LogP contribution in [-0.2, 0) is 13.6 Å². The van der Waals surface area contributed by atoms with Gasteiger partial charge in [0.05, 0.1) is 18.0 Å². The molecule has 4 N–H and O–H groups in total. The number of phenolic OH excluding ortho intramolecular Hbond substituents is 1. The number of imidazole rings is 1. The number of aromatic hydroxyl groups is 1. The predicted molar refractivity (Wildman–Crippen MR) is 106 cm³/mol. The van der Waals surface area contributed by atoms with Crippen molar-refractivity contribution in [2.24, 2.45) is 7.05 Å². The van der Waals surface area contributed by atoms with Crippen molar-refractivity contribution >= 4 is 22.9 Å². The summed E-state index contributed by atoms with van der Waals surface area (Å²) < 4.78 is 15.2. The number of aryl methyl sites for hydroxylation is 1. The lowest BCUT2D eigenvalue weighted by atomic mass is 9.97. The molecule has 8 nitrogen and oxygen atoms in total. The minimum absolute atomic E-state index is 0.00773. The topological polar surface area (TPSA) is 108 Å². The highest BCUT2D eigenvalue weighted by Gasteiger charge is 2.26. The van der Waals surface area contributed by atoms with E-state index in [1.807, 2.05) is 14.0 Å². The number of aliphatic hydroxyl groups is 1. The molecule has 3 aromatic rings. The van der Waals surface area contributed by atoms with E-state index in [1.54, 1.807) is 24.7 Å². The molecular formula is C19H25FN6O2. The third-order valence-electron chi connectivity index (χ3n) is 4.61. The van der Waals surface area contributed by atoms with Crippen LogP contribution in [0.4, 0.5) is 16.2 Å². The summed E-state index contributed by atoms with van der Waals surface area (Å²) in [6.07, 6.45) is 2.30. The first kappa shape index (κ1) is 19.8. The van der Waals surface area contributed by atoms with Gasteiger partial charge >= 0.3 is 0 Å². The highest BCUT2D eigenvalue weighted by atomic mass is 19.1. The van der Waals surface area contributed by atoms with Gasteiger partial charge in [0.2, 0.25) is 5.95 Å². The van der Waals surface area contributed by atoms with Gasteiger partial charge in [-0.25, -0.2) is 9.37 Å². The number of rotatable bonds is 7. The van der Waals surface area contributed by atoms with Gasteiger partial charge in [0, 0.05) is 19.2 Å². The number of hydrogen-bond acceptors (Lipinski definition) is 7. The fourth-order valence-corrected chi connectivity index (χ4v) is 3.00. The number of nitrogens with zero attached hydrogens (tertiary/aromatic N) is 4. The summed E-state index contributed by atoms with van der Waals surface area (Å²) in [5.74, 6) is 0.351. The van der Waals surface area contributed by atoms with E-state index in [9.17, 15) is 14.6 Å². The van der Waals surface area contributed by atoms with E-state index in [-0.39, 0.29) is 18.3 Å². The van der Waals surface area contributed by atoms with E-state index in [2.05, 4.69) is 25.6 Å². The normalized spacial score (nSPS) is 12.9. The maximum atomic E-state index is 13.5. The Balaban J connectivity index is 1.93. The standard InChI is InChI=1S/C19H25FN6O2/c1-5-14(19(2,3)28)23-18-24-16(15-17(25-18)26(4)10-22-15)21-9-11-8-12(20)6-7-13(11)27/h6-8,10,14,27-28H,5,9H2,1-4H3,(H2,21,23,24,25). The molecule has 0 aliphatic heterocycles. The van der Waals surface area contributed by atoms with Crippen LogP contribution in [0.1, 0.15) is 32.8 Å². The van der Waals surface area contributed by atoms with Crippen molar-refractivity contribution in [2.75, 3.05) is 10.6 Å². The molecule has 2 aromatic heterocycles. The average molecular weight is 388 g/mol. The van der Waals surface area contributed by atoms with Crippen LogP contribution in [0, 0.1) is 5.82 Å². The molecule has 1 unspecified atom stereocenters. The van der Waals surface area contributed by atoms with Crippen molar-refractivity contribution in [1.82, 2.24) is 19.5 Å². The zero-order valence-electron chi connectivity index (χ0n) is 16.4. The lowest BCUT2D eigenvalue weighted by Gasteiger charge is -2.29. The maximum Gasteiger partial charge on any atom is 0.227 e. The van der Waals surface area contributed by atoms with Crippen LogP contribution in [0.15, 0.2) is 24.5 Å². The predicted octanol–water partition coefficient (Wildman–Crippen LogP) is 2.78. The number of halogens is 1. The molecule has 0 fully saturated rings. The van der Waals surface area contributed by atoms with Crippen LogP contribution in [0.2, 0.25) is 0 Å². The quantitative estimate of drug-likeness (QED) is 0.493. The Morgan fingerprint density at radius 1 is 1.29 bits per heavy atom. The first-order chi connectivity index (χ1) is 13.2. The second-order valence-electron chi connectivity index (χ2n) is 7.31. The van der Waals surface area contributed by atoms with Gasteiger partial charge in [-0.1, -0.05) is 6.92 Å². The molecule has 1 atom stereocenters. The number of aromatic nitrogens is 4. The van der Waals surface area contributed by atoms with Gasteiger partial charge in [0.15, 0.2) is 17.0 Å². The van der Waals surface area contributed by atoms with E-state index >= 15 is 0 Å². The van der Waals surface area contributed by atoms with Gasteiger partial charge in [0.25, 0.3) is 0 Å². The van der Waals surface area contributed by atoms with Crippen LogP contribution < -0.4 is 10.6 Å². The molecule has 0 saturated heterocycles. The molecule has 0 amide bonds. The van der Waals surface area contributed by atoms with Crippen molar-refractivity contribution in [3.8, 4) is 5.75 Å². The van der Waals surface area contributed by atoms with E-state index < -0.39 is 11.4 Å². The highest BCUT2D eigenvalue weighted by Crippen LogP contribution is 2.25. The molecule has 2 heterocycles. The molecular weight excluding hydrogens is 363 g/mol. The third-order valence-corrected chi connectivity index (χ3v) is 4.61. The molecule has 0 saturated carbocycles. The molecule has 150 valence electrons. The molecule has 0 spiro atoms. The first-order valence-electron chi connectivity index (χ1n) is 9.08. The molecule has 28 heavy (non-hydrogen) atoms. The first-order valence-corrected chi connectivity index (χ1v) is 9.08. The SMILES string of the molecule is CCC(Nc1nc(NCc2cc(F)ccc2O)c2ncn(C)c2n1)C(C)(C)O. The zero-order valence-corrected chi connectivity index (χ0v) is 16.4. The summed E-state index contributed by atoms with van der Waals surface area (Å²) in [5, 5.41) is 26.5. The van der Waals surface area contributed by atoms with Gasteiger partial charge in [-0.05, 0) is 38.5 Å². The van der Waals surface area contributed by atoms with Gasteiger partial charge in [-0.2, -0.15) is 9.97 Å². The van der Waals surface area contributed by atoms with Gasteiger partial charge in [-0.3, -0.25) is 0 Å². The second-order valence-corrected chi connectivity index (χ2v) is 7.31. The Morgan fingerprint density at radius 2 is 2.04 bits per heavy atom. The Kier molecular flexibility index (Phi) is 5.37. The molecule has 9 heteroatoms. The van der Waals surface area contributed by atoms with E-state index in [0.717, 1.165) is 0 Å². The van der Waals surface area contributed by atoms with Gasteiger partial charge < -0.3 is 25.4 Å². The fourth-order valence-electron chi connectivity index (χ4n) is 3.00. The Morgan fingerprint density at radius 3 is 2.71 bits per heavy atom. The number of benzene rings is 1. The van der Waals surface area contributed by atoms with Crippen LogP contribution in [0.25, 0.3) is 11.2 Å². The van der Waals surface area contributed by atoms with Crippen molar-refractivity contribution in [1.29, 1.82) is 0 Å². The monoisotopic (exact) mass is 388 g/mol. The maximum absolute atomic E-state index is 13.5. The molecule has 3 rings (SSSR count). The lowest BCUT2D eigenvalue weighted by Crippen LogP contribution is -2.41. The minimum atomic E-state index is -0.958. The van der Waals surface area contributed by atoms with Gasteiger partial charge in [-0.15, -0.1) is 0 Å². The van der Waals surface area contributed by atoms with Crippen LogP contribution >= 0.6 is 0 Å². The van der Waals surface area contributed by atoms with Crippen molar-refractivity contribution in [2.45, 2.75) is 45.4 Å². The van der Waals surface area contributed by atoms with Crippen LogP contribution in [-0.4, -0.2) is 41.4 Å². The van der Waals surface area contributed by atoms with Gasteiger partial charge in [0.1, 0.15) is 11.6 Å². The Bertz CT molecular complexity index is 982. The molecule has 0 radical (unpaired) electrons. The minimum Gasteiger partial charge on any atom is -0.508 e. The lowest BCUT2D eigenvalue weighted by molar-refractivity contribution is 0.0577. The van der Waals surface area contributed by atoms with Crippen molar-refractivity contribution in [3.05, 3.63) is 35.9 Å².